The summed E-state index contributed by atoms with van der Waals surface area (Å²) in [5.41, 5.74) is 6.01. The van der Waals surface area contributed by atoms with Gasteiger partial charge >= 0.3 is 0 Å². The van der Waals surface area contributed by atoms with Crippen molar-refractivity contribution in [3.63, 3.8) is 0 Å². The van der Waals surface area contributed by atoms with E-state index in [0.717, 1.165) is 51.9 Å². The van der Waals surface area contributed by atoms with Crippen molar-refractivity contribution >= 4 is 36.6 Å². The van der Waals surface area contributed by atoms with E-state index in [4.69, 9.17) is 5.73 Å². The summed E-state index contributed by atoms with van der Waals surface area (Å²) in [6, 6.07) is 0. The summed E-state index contributed by atoms with van der Waals surface area (Å²) in [4.78, 5) is 31.0. The van der Waals surface area contributed by atoms with Crippen LogP contribution in [0.2, 0.25) is 0 Å². The summed E-state index contributed by atoms with van der Waals surface area (Å²) in [5.74, 6) is 0.353. The molecule has 0 aromatic rings. The molecule has 1 aliphatic carbocycles. The monoisotopic (exact) mass is 410 g/mol. The van der Waals surface area contributed by atoms with Crippen LogP contribution in [0.25, 0.3) is 0 Å². The molecule has 0 aromatic heterocycles. The molecule has 1 saturated carbocycles. The number of nitrogens with two attached hydrogens (primary N) is 1. The molecule has 6 nitrogen and oxygen atoms in total. The van der Waals surface area contributed by atoms with Crippen LogP contribution in [0.15, 0.2) is 0 Å². The predicted octanol–water partition coefficient (Wildman–Crippen LogP) is 1.75. The molecule has 2 amide bonds. The zero-order chi connectivity index (χ0) is 17.7. The minimum atomic E-state index is -0.370. The number of piperazine rings is 1. The fourth-order valence-corrected chi connectivity index (χ4v) is 3.98. The molecule has 0 radical (unpaired) electrons. The van der Waals surface area contributed by atoms with E-state index in [1.165, 1.54) is 0 Å². The molecule has 1 heterocycles. The van der Waals surface area contributed by atoms with Gasteiger partial charge in [0.05, 0.1) is 12.5 Å². The Morgan fingerprint density at radius 3 is 2.15 bits per heavy atom. The van der Waals surface area contributed by atoms with Crippen LogP contribution in [0.3, 0.4) is 0 Å². The maximum absolute atomic E-state index is 12.9. The fourth-order valence-electron chi connectivity index (χ4n) is 3.98. The van der Waals surface area contributed by atoms with E-state index in [0.29, 0.717) is 19.6 Å². The van der Waals surface area contributed by atoms with Crippen LogP contribution < -0.4 is 5.73 Å². The van der Waals surface area contributed by atoms with Crippen molar-refractivity contribution in [2.24, 2.45) is 11.7 Å². The van der Waals surface area contributed by atoms with Gasteiger partial charge in [0.1, 0.15) is 0 Å². The Morgan fingerprint density at radius 2 is 1.65 bits per heavy atom. The Hall–Kier alpha value is -0.560. The van der Waals surface area contributed by atoms with Gasteiger partial charge in [0.25, 0.3) is 0 Å². The summed E-state index contributed by atoms with van der Waals surface area (Å²) in [6.45, 7) is 11.0. The Morgan fingerprint density at radius 1 is 1.08 bits per heavy atom. The largest absolute Gasteiger partial charge is 0.342 e. The highest BCUT2D eigenvalue weighted by atomic mass is 35.5. The molecule has 0 bridgehead atoms. The lowest BCUT2D eigenvalue weighted by atomic mass is 9.74. The van der Waals surface area contributed by atoms with E-state index in [-0.39, 0.29) is 48.1 Å². The Balaban J connectivity index is 0.00000312. The Labute approximate surface area is 170 Å². The molecule has 0 spiro atoms. The lowest BCUT2D eigenvalue weighted by molar-refractivity contribution is -0.141. The van der Waals surface area contributed by atoms with E-state index in [9.17, 15) is 9.59 Å². The summed E-state index contributed by atoms with van der Waals surface area (Å²) < 4.78 is 0. The predicted molar refractivity (Wildman–Crippen MR) is 110 cm³/mol. The molecule has 1 saturated heterocycles. The van der Waals surface area contributed by atoms with Gasteiger partial charge in [-0.1, -0.05) is 12.8 Å². The average molecular weight is 411 g/mol. The van der Waals surface area contributed by atoms with Crippen LogP contribution in [0, 0.1) is 5.92 Å². The molecule has 26 heavy (non-hydrogen) atoms. The number of amides is 2. The number of rotatable bonds is 5. The molecular weight excluding hydrogens is 375 g/mol. The van der Waals surface area contributed by atoms with E-state index >= 15 is 0 Å². The third-order valence-corrected chi connectivity index (χ3v) is 5.71. The Kier molecular flexibility index (Phi) is 11.1. The molecule has 154 valence electrons. The summed E-state index contributed by atoms with van der Waals surface area (Å²) in [6.07, 6.45) is 4.06. The Bertz CT molecular complexity index is 450. The van der Waals surface area contributed by atoms with Crippen LogP contribution in [-0.2, 0) is 9.59 Å². The molecule has 1 aliphatic heterocycles. The van der Waals surface area contributed by atoms with Crippen molar-refractivity contribution in [2.75, 3.05) is 45.8 Å². The molecule has 2 atom stereocenters. The standard InChI is InChI=1S/C18H34N4O2.2ClH/c1-4-21(5-2)16(23)14-20-10-12-22(13-11-20)17(24)15-8-6-7-9-18(15,3)19;;/h15H,4-14,19H2,1-3H3;2*1H. The quantitative estimate of drug-likeness (QED) is 0.749. The lowest BCUT2D eigenvalue weighted by Gasteiger charge is -2.42. The van der Waals surface area contributed by atoms with E-state index < -0.39 is 0 Å². The molecular formula is C18H36Cl2N4O2. The maximum atomic E-state index is 12.9. The second-order valence-corrected chi connectivity index (χ2v) is 7.47. The van der Waals surface area contributed by atoms with Crippen LogP contribution >= 0.6 is 24.8 Å². The van der Waals surface area contributed by atoms with Crippen LogP contribution in [0.5, 0.6) is 0 Å². The van der Waals surface area contributed by atoms with Gasteiger partial charge in [0.2, 0.25) is 11.8 Å². The van der Waals surface area contributed by atoms with Crippen molar-refractivity contribution in [3.05, 3.63) is 0 Å². The smallest absolute Gasteiger partial charge is 0.236 e. The third kappa shape index (κ3) is 6.25. The van der Waals surface area contributed by atoms with E-state index in [2.05, 4.69) is 4.90 Å². The number of hydrogen-bond donors (Lipinski definition) is 1. The molecule has 2 unspecified atom stereocenters. The van der Waals surface area contributed by atoms with Gasteiger partial charge in [-0.25, -0.2) is 0 Å². The average Bonchev–Trinajstić information content (AvgIpc) is 2.55. The summed E-state index contributed by atoms with van der Waals surface area (Å²) in [5, 5.41) is 0. The maximum Gasteiger partial charge on any atom is 0.236 e. The van der Waals surface area contributed by atoms with Crippen molar-refractivity contribution < 1.29 is 9.59 Å². The van der Waals surface area contributed by atoms with Gasteiger partial charge in [-0.2, -0.15) is 0 Å². The van der Waals surface area contributed by atoms with Gasteiger partial charge in [-0.05, 0) is 33.6 Å². The zero-order valence-electron chi connectivity index (χ0n) is 16.4. The minimum Gasteiger partial charge on any atom is -0.342 e. The number of halogens is 2. The third-order valence-electron chi connectivity index (χ3n) is 5.71. The van der Waals surface area contributed by atoms with Gasteiger partial charge in [-0.3, -0.25) is 14.5 Å². The molecule has 2 fully saturated rings. The van der Waals surface area contributed by atoms with Crippen molar-refractivity contribution in [3.8, 4) is 0 Å². The fraction of sp³-hybridized carbons (Fsp3) is 0.889. The number of likely N-dealkylation sites (N-methyl/N-ethyl adjacent to an activating group) is 1. The van der Waals surface area contributed by atoms with Crippen LogP contribution in [-0.4, -0.2) is 77.9 Å². The second-order valence-electron chi connectivity index (χ2n) is 7.47. The second kappa shape index (κ2) is 11.3. The molecule has 2 N–H and O–H groups in total. The highest BCUT2D eigenvalue weighted by Crippen LogP contribution is 2.33. The van der Waals surface area contributed by atoms with Crippen LogP contribution in [0.1, 0.15) is 46.5 Å². The highest BCUT2D eigenvalue weighted by Gasteiger charge is 2.40. The molecule has 0 aromatic carbocycles. The number of nitrogens with zero attached hydrogens (tertiary/aromatic N) is 3. The van der Waals surface area contributed by atoms with Gasteiger partial charge in [-0.15, -0.1) is 24.8 Å². The molecule has 2 aliphatic rings. The lowest BCUT2D eigenvalue weighted by Crippen LogP contribution is -2.57. The first-order valence-corrected chi connectivity index (χ1v) is 9.46. The number of carbonyl (C=O) groups excluding carboxylic acids is 2. The van der Waals surface area contributed by atoms with Crippen molar-refractivity contribution in [2.45, 2.75) is 52.0 Å². The number of carbonyl (C=O) groups is 2. The van der Waals surface area contributed by atoms with Gasteiger partial charge in [0.15, 0.2) is 0 Å². The normalized spacial score (nSPS) is 26.5. The highest BCUT2D eigenvalue weighted by molar-refractivity contribution is 5.85. The van der Waals surface area contributed by atoms with Crippen molar-refractivity contribution in [1.82, 2.24) is 14.7 Å². The summed E-state index contributed by atoms with van der Waals surface area (Å²) >= 11 is 0. The first-order chi connectivity index (χ1) is 11.4. The first-order valence-electron chi connectivity index (χ1n) is 9.46. The SMILES string of the molecule is CCN(CC)C(=O)CN1CCN(C(=O)C2CCCCC2(C)N)CC1.Cl.Cl. The van der Waals surface area contributed by atoms with E-state index in [1.807, 2.05) is 30.6 Å². The van der Waals surface area contributed by atoms with E-state index in [1.54, 1.807) is 0 Å². The van der Waals surface area contributed by atoms with Crippen LogP contribution in [0.4, 0.5) is 0 Å². The van der Waals surface area contributed by atoms with Gasteiger partial charge in [0, 0.05) is 44.8 Å². The molecule has 8 heteroatoms. The zero-order valence-corrected chi connectivity index (χ0v) is 18.0. The molecule has 2 rings (SSSR count). The first kappa shape index (κ1) is 25.4. The minimum absolute atomic E-state index is 0. The summed E-state index contributed by atoms with van der Waals surface area (Å²) in [7, 11) is 0. The van der Waals surface area contributed by atoms with Gasteiger partial charge < -0.3 is 15.5 Å². The number of hydrogen-bond acceptors (Lipinski definition) is 4. The van der Waals surface area contributed by atoms with Crippen molar-refractivity contribution in [1.29, 1.82) is 0 Å². The topological polar surface area (TPSA) is 69.9 Å².